The van der Waals surface area contributed by atoms with Crippen LogP contribution in [0.4, 0.5) is 0 Å². The number of aliphatic hydroxyl groups excluding tert-OH is 1. The van der Waals surface area contributed by atoms with Crippen LogP contribution in [0.5, 0.6) is 11.5 Å². The molecule has 24 heavy (non-hydrogen) atoms. The van der Waals surface area contributed by atoms with Gasteiger partial charge in [0.05, 0.1) is 13.2 Å². The Balaban J connectivity index is 1.60. The molecule has 2 aromatic rings. The van der Waals surface area contributed by atoms with Gasteiger partial charge in [0.25, 0.3) is 0 Å². The number of methoxy groups -OCH3 is 1. The maximum absolute atomic E-state index is 10.4. The molecular formula is C19H26N2O3. The lowest BCUT2D eigenvalue weighted by Crippen LogP contribution is -2.31. The van der Waals surface area contributed by atoms with Gasteiger partial charge in [0, 0.05) is 44.6 Å². The first-order chi connectivity index (χ1) is 11.7. The molecule has 1 saturated heterocycles. The molecule has 5 nitrogen and oxygen atoms in total. The molecule has 130 valence electrons. The average Bonchev–Trinajstić information content (AvgIpc) is 2.92. The van der Waals surface area contributed by atoms with Gasteiger partial charge in [-0.3, -0.25) is 4.90 Å². The van der Waals surface area contributed by atoms with Crippen molar-refractivity contribution >= 4 is 0 Å². The van der Waals surface area contributed by atoms with Gasteiger partial charge in [-0.15, -0.1) is 0 Å². The fraction of sp³-hybridized carbons (Fsp3) is 0.474. The molecular weight excluding hydrogens is 304 g/mol. The van der Waals surface area contributed by atoms with E-state index in [-0.39, 0.29) is 6.10 Å². The van der Waals surface area contributed by atoms with E-state index in [0.29, 0.717) is 0 Å². The van der Waals surface area contributed by atoms with Gasteiger partial charge in [0.1, 0.15) is 17.6 Å². The van der Waals surface area contributed by atoms with E-state index in [2.05, 4.69) is 34.8 Å². The summed E-state index contributed by atoms with van der Waals surface area (Å²) in [5, 5.41) is 10.4. The number of aliphatic hydroxyl groups is 1. The number of benzene rings is 1. The Hall–Kier alpha value is -1.98. The third kappa shape index (κ3) is 4.10. The zero-order valence-electron chi connectivity index (χ0n) is 14.4. The summed E-state index contributed by atoms with van der Waals surface area (Å²) in [6.45, 7) is 2.70. The number of aromatic nitrogens is 1. The molecule has 2 atom stereocenters. The molecule has 2 heterocycles. The smallest absolute Gasteiger partial charge is 0.126 e. The topological polar surface area (TPSA) is 46.9 Å². The number of hydrogen-bond acceptors (Lipinski definition) is 4. The molecule has 1 aromatic carbocycles. The van der Waals surface area contributed by atoms with Crippen LogP contribution >= 0.6 is 0 Å². The summed E-state index contributed by atoms with van der Waals surface area (Å²) >= 11 is 0. The van der Waals surface area contributed by atoms with Crippen LogP contribution < -0.4 is 9.47 Å². The third-order valence-electron chi connectivity index (χ3n) is 4.67. The van der Waals surface area contributed by atoms with E-state index >= 15 is 0 Å². The van der Waals surface area contributed by atoms with E-state index in [4.69, 9.17) is 9.47 Å². The average molecular weight is 330 g/mol. The number of likely N-dealkylation sites (tertiary alicyclic amines) is 1. The van der Waals surface area contributed by atoms with Gasteiger partial charge in [-0.1, -0.05) is 6.07 Å². The second-order valence-corrected chi connectivity index (χ2v) is 6.37. The van der Waals surface area contributed by atoms with Gasteiger partial charge in [-0.05, 0) is 37.1 Å². The van der Waals surface area contributed by atoms with Crippen molar-refractivity contribution in [2.45, 2.75) is 31.6 Å². The summed E-state index contributed by atoms with van der Waals surface area (Å²) in [6, 6.07) is 11.8. The highest BCUT2D eigenvalue weighted by Crippen LogP contribution is 2.24. The lowest BCUT2D eigenvalue weighted by Gasteiger charge is -2.22. The van der Waals surface area contributed by atoms with Crippen LogP contribution in [-0.2, 0) is 13.6 Å². The molecule has 0 spiro atoms. The maximum atomic E-state index is 10.4. The number of aryl methyl sites for hydroxylation is 1. The first-order valence-electron chi connectivity index (χ1n) is 8.47. The van der Waals surface area contributed by atoms with Crippen LogP contribution in [0.25, 0.3) is 0 Å². The van der Waals surface area contributed by atoms with Gasteiger partial charge < -0.3 is 19.1 Å². The highest BCUT2D eigenvalue weighted by atomic mass is 16.5. The Morgan fingerprint density at radius 2 is 1.92 bits per heavy atom. The van der Waals surface area contributed by atoms with Crippen molar-refractivity contribution in [3.8, 4) is 11.5 Å². The highest BCUT2D eigenvalue weighted by Gasteiger charge is 2.26. The van der Waals surface area contributed by atoms with Gasteiger partial charge in [-0.25, -0.2) is 0 Å². The van der Waals surface area contributed by atoms with Crippen molar-refractivity contribution in [3.63, 3.8) is 0 Å². The first kappa shape index (κ1) is 16.9. The van der Waals surface area contributed by atoms with Gasteiger partial charge in [0.15, 0.2) is 0 Å². The predicted molar refractivity (Wildman–Crippen MR) is 93.3 cm³/mol. The Morgan fingerprint density at radius 1 is 1.12 bits per heavy atom. The van der Waals surface area contributed by atoms with Gasteiger partial charge in [-0.2, -0.15) is 0 Å². The lowest BCUT2D eigenvalue weighted by molar-refractivity contribution is 0.0349. The minimum Gasteiger partial charge on any atom is -0.497 e. The van der Waals surface area contributed by atoms with Crippen molar-refractivity contribution in [1.82, 2.24) is 9.47 Å². The Bertz CT molecular complexity index is 656. The van der Waals surface area contributed by atoms with Crippen LogP contribution in [0.2, 0.25) is 0 Å². The molecule has 0 unspecified atom stereocenters. The lowest BCUT2D eigenvalue weighted by atomic mass is 10.1. The van der Waals surface area contributed by atoms with E-state index in [1.54, 1.807) is 7.11 Å². The molecule has 0 bridgehead atoms. The van der Waals surface area contributed by atoms with E-state index in [0.717, 1.165) is 44.0 Å². The minimum atomic E-state index is -0.449. The largest absolute Gasteiger partial charge is 0.497 e. The quantitative estimate of drug-likeness (QED) is 0.915. The standard InChI is InChI=1S/C19H26N2O3/c1-20-10-4-5-15(20)14-21-11-8-18(22)19(9-12-21)24-17-7-3-6-16(13-17)23-2/h3-7,10,13,18-19,22H,8-9,11-12,14H2,1-2H3/t18-,19-/m0/s1. The second kappa shape index (κ2) is 7.73. The predicted octanol–water partition coefficient (Wildman–Crippen LogP) is 2.44. The van der Waals surface area contributed by atoms with Crippen LogP contribution in [-0.4, -0.2) is 47.0 Å². The minimum absolute atomic E-state index is 0.185. The van der Waals surface area contributed by atoms with Crippen LogP contribution in [0.3, 0.4) is 0 Å². The summed E-state index contributed by atoms with van der Waals surface area (Å²) in [5.41, 5.74) is 1.29. The number of hydrogen-bond donors (Lipinski definition) is 1. The molecule has 0 amide bonds. The molecule has 0 saturated carbocycles. The van der Waals surface area contributed by atoms with Crippen molar-refractivity contribution in [2.75, 3.05) is 20.2 Å². The fourth-order valence-corrected chi connectivity index (χ4v) is 3.15. The van der Waals surface area contributed by atoms with E-state index in [9.17, 15) is 5.11 Å². The third-order valence-corrected chi connectivity index (χ3v) is 4.67. The highest BCUT2D eigenvalue weighted by molar-refractivity contribution is 5.33. The number of rotatable bonds is 5. The Labute approximate surface area is 143 Å². The van der Waals surface area contributed by atoms with Crippen LogP contribution in [0, 0.1) is 0 Å². The monoisotopic (exact) mass is 330 g/mol. The van der Waals surface area contributed by atoms with Crippen molar-refractivity contribution in [2.24, 2.45) is 7.05 Å². The molecule has 5 heteroatoms. The Morgan fingerprint density at radius 3 is 2.67 bits per heavy atom. The zero-order valence-corrected chi connectivity index (χ0v) is 14.4. The molecule has 1 fully saturated rings. The van der Waals surface area contributed by atoms with Gasteiger partial charge in [0.2, 0.25) is 0 Å². The Kier molecular flexibility index (Phi) is 5.43. The van der Waals surface area contributed by atoms with E-state index < -0.39 is 6.10 Å². The van der Waals surface area contributed by atoms with E-state index in [1.165, 1.54) is 5.69 Å². The first-order valence-corrected chi connectivity index (χ1v) is 8.47. The summed E-state index contributed by atoms with van der Waals surface area (Å²) in [7, 11) is 3.71. The normalized spacial score (nSPS) is 22.1. The van der Waals surface area contributed by atoms with Crippen LogP contribution in [0.1, 0.15) is 18.5 Å². The van der Waals surface area contributed by atoms with Gasteiger partial charge >= 0.3 is 0 Å². The van der Waals surface area contributed by atoms with E-state index in [1.807, 2.05) is 24.3 Å². The maximum Gasteiger partial charge on any atom is 0.126 e. The molecule has 0 aliphatic carbocycles. The van der Waals surface area contributed by atoms with Crippen molar-refractivity contribution < 1.29 is 14.6 Å². The number of nitrogens with zero attached hydrogens (tertiary/aromatic N) is 2. The summed E-state index contributed by atoms with van der Waals surface area (Å²) in [4.78, 5) is 2.38. The number of ether oxygens (including phenoxy) is 2. The molecule has 0 radical (unpaired) electrons. The van der Waals surface area contributed by atoms with Crippen molar-refractivity contribution in [1.29, 1.82) is 0 Å². The summed E-state index contributed by atoms with van der Waals surface area (Å²) in [6.07, 6.45) is 2.96. The SMILES string of the molecule is COc1cccc(O[C@H]2CCN(Cc3cccn3C)CC[C@@H]2O)c1. The molecule has 1 aromatic heterocycles. The van der Waals surface area contributed by atoms with Crippen molar-refractivity contribution in [3.05, 3.63) is 48.3 Å². The summed E-state index contributed by atoms with van der Waals surface area (Å²) in [5.74, 6) is 1.51. The zero-order chi connectivity index (χ0) is 16.9. The molecule has 1 N–H and O–H groups in total. The fourth-order valence-electron chi connectivity index (χ4n) is 3.15. The second-order valence-electron chi connectivity index (χ2n) is 6.37. The summed E-state index contributed by atoms with van der Waals surface area (Å²) < 4.78 is 13.4. The molecule has 3 rings (SSSR count). The van der Waals surface area contributed by atoms with Crippen LogP contribution in [0.15, 0.2) is 42.6 Å². The molecule has 1 aliphatic rings. The molecule has 1 aliphatic heterocycles.